The Kier molecular flexibility index (Phi) is 19.6. The second kappa shape index (κ2) is 19.7. The highest BCUT2D eigenvalue weighted by Gasteiger charge is 2.35. The van der Waals surface area contributed by atoms with E-state index in [-0.39, 0.29) is 13.2 Å². The predicted octanol–water partition coefficient (Wildman–Crippen LogP) is 4.99. The molecular weight excluding hydrogens is 366 g/mol. The van der Waals surface area contributed by atoms with Crippen LogP contribution in [0.25, 0.3) is 0 Å². The van der Waals surface area contributed by atoms with Gasteiger partial charge < -0.3 is 24.6 Å². The fraction of sp³-hybridized carbons (Fsp3) is 1.00. The lowest BCUT2D eigenvalue weighted by atomic mass is 9.88. The van der Waals surface area contributed by atoms with Crippen molar-refractivity contribution in [2.45, 2.75) is 104 Å². The molecule has 0 saturated carbocycles. The standard InChI is InChI=1S/C24H51NO4/c1-5-8-9-10-11-12-16-23(24(4,28-6-2)29-7-3)17-13-18-25(19-14-21-26)20-15-22-27/h23,26-27H,5-22H2,1-4H3. The van der Waals surface area contributed by atoms with Crippen LogP contribution in [0.4, 0.5) is 0 Å². The Labute approximate surface area is 181 Å². The summed E-state index contributed by atoms with van der Waals surface area (Å²) in [6, 6.07) is 0. The van der Waals surface area contributed by atoms with E-state index in [9.17, 15) is 0 Å². The third kappa shape index (κ3) is 14.4. The average molecular weight is 418 g/mol. The first-order chi connectivity index (χ1) is 14.1. The summed E-state index contributed by atoms with van der Waals surface area (Å²) in [4.78, 5) is 2.37. The number of ether oxygens (including phenoxy) is 2. The zero-order chi connectivity index (χ0) is 21.8. The summed E-state index contributed by atoms with van der Waals surface area (Å²) in [6.45, 7) is 13.1. The minimum atomic E-state index is -0.506. The Morgan fingerprint density at radius 2 is 1.17 bits per heavy atom. The van der Waals surface area contributed by atoms with Crippen LogP contribution in [0.1, 0.15) is 98.3 Å². The molecule has 1 atom stereocenters. The number of aliphatic hydroxyl groups excluding tert-OH is 2. The van der Waals surface area contributed by atoms with E-state index in [2.05, 4.69) is 18.7 Å². The molecule has 0 saturated heterocycles. The van der Waals surface area contributed by atoms with Crippen molar-refractivity contribution in [2.75, 3.05) is 46.1 Å². The number of rotatable bonds is 22. The highest BCUT2D eigenvalue weighted by atomic mass is 16.7. The summed E-state index contributed by atoms with van der Waals surface area (Å²) in [5, 5.41) is 18.3. The summed E-state index contributed by atoms with van der Waals surface area (Å²) in [6.07, 6.45) is 12.8. The van der Waals surface area contributed by atoms with Crippen molar-refractivity contribution in [2.24, 2.45) is 5.92 Å². The Bertz CT molecular complexity index is 327. The predicted molar refractivity (Wildman–Crippen MR) is 122 cm³/mol. The highest BCUT2D eigenvalue weighted by Crippen LogP contribution is 2.32. The van der Waals surface area contributed by atoms with E-state index in [0.29, 0.717) is 19.1 Å². The summed E-state index contributed by atoms with van der Waals surface area (Å²) in [5.74, 6) is -0.111. The van der Waals surface area contributed by atoms with Gasteiger partial charge in [-0.2, -0.15) is 0 Å². The lowest BCUT2D eigenvalue weighted by Gasteiger charge is -2.37. The number of aliphatic hydroxyl groups is 2. The monoisotopic (exact) mass is 417 g/mol. The van der Waals surface area contributed by atoms with E-state index in [1.54, 1.807) is 0 Å². The molecule has 29 heavy (non-hydrogen) atoms. The second-order valence-corrected chi connectivity index (χ2v) is 8.27. The fourth-order valence-corrected chi connectivity index (χ4v) is 4.18. The molecule has 0 fully saturated rings. The van der Waals surface area contributed by atoms with Gasteiger partial charge in [-0.1, -0.05) is 45.4 Å². The molecule has 0 aromatic carbocycles. The van der Waals surface area contributed by atoms with Gasteiger partial charge in [-0.25, -0.2) is 0 Å². The number of hydrogen-bond donors (Lipinski definition) is 2. The molecule has 5 nitrogen and oxygen atoms in total. The lowest BCUT2D eigenvalue weighted by Crippen LogP contribution is -2.41. The molecular formula is C24H51NO4. The molecule has 1 unspecified atom stereocenters. The summed E-state index contributed by atoms with van der Waals surface area (Å²) < 4.78 is 12.2. The molecule has 0 aliphatic rings. The van der Waals surface area contributed by atoms with E-state index in [1.165, 1.54) is 38.5 Å². The Morgan fingerprint density at radius 1 is 0.690 bits per heavy atom. The van der Waals surface area contributed by atoms with Gasteiger partial charge in [0.1, 0.15) is 0 Å². The normalized spacial score (nSPS) is 13.3. The van der Waals surface area contributed by atoms with Crippen LogP contribution in [-0.4, -0.2) is 67.0 Å². The van der Waals surface area contributed by atoms with Crippen molar-refractivity contribution in [3.63, 3.8) is 0 Å². The van der Waals surface area contributed by atoms with Crippen LogP contribution in [0.15, 0.2) is 0 Å². The average Bonchev–Trinajstić information content (AvgIpc) is 2.70. The smallest absolute Gasteiger partial charge is 0.168 e. The molecule has 0 aromatic heterocycles. The molecule has 0 radical (unpaired) electrons. The first-order valence-electron chi connectivity index (χ1n) is 12.3. The first kappa shape index (κ1) is 28.8. The number of hydrogen-bond acceptors (Lipinski definition) is 5. The lowest BCUT2D eigenvalue weighted by molar-refractivity contribution is -0.254. The summed E-state index contributed by atoms with van der Waals surface area (Å²) >= 11 is 0. The van der Waals surface area contributed by atoms with Crippen LogP contribution in [0, 0.1) is 5.92 Å². The van der Waals surface area contributed by atoms with E-state index in [1.807, 2.05) is 13.8 Å². The molecule has 0 amide bonds. The van der Waals surface area contributed by atoms with Gasteiger partial charge in [-0.3, -0.25) is 0 Å². The van der Waals surface area contributed by atoms with Crippen LogP contribution in [-0.2, 0) is 9.47 Å². The fourth-order valence-electron chi connectivity index (χ4n) is 4.18. The Balaban J connectivity index is 4.71. The molecule has 0 spiro atoms. The van der Waals surface area contributed by atoms with E-state index >= 15 is 0 Å². The summed E-state index contributed by atoms with van der Waals surface area (Å²) in [5.41, 5.74) is 0. The third-order valence-electron chi connectivity index (χ3n) is 5.80. The van der Waals surface area contributed by atoms with Gasteiger partial charge in [-0.05, 0) is 59.4 Å². The van der Waals surface area contributed by atoms with Crippen molar-refractivity contribution in [1.29, 1.82) is 0 Å². The van der Waals surface area contributed by atoms with Crippen LogP contribution < -0.4 is 0 Å². The maximum Gasteiger partial charge on any atom is 0.168 e. The third-order valence-corrected chi connectivity index (χ3v) is 5.80. The van der Waals surface area contributed by atoms with Crippen molar-refractivity contribution in [3.05, 3.63) is 0 Å². The van der Waals surface area contributed by atoms with Crippen LogP contribution >= 0.6 is 0 Å². The molecule has 2 N–H and O–H groups in total. The number of unbranched alkanes of at least 4 members (excludes halogenated alkanes) is 5. The van der Waals surface area contributed by atoms with Gasteiger partial charge in [0, 0.05) is 45.4 Å². The van der Waals surface area contributed by atoms with Crippen LogP contribution in [0.3, 0.4) is 0 Å². The maximum absolute atomic E-state index is 9.14. The van der Waals surface area contributed by atoms with Crippen molar-refractivity contribution in [3.8, 4) is 0 Å². The summed E-state index contributed by atoms with van der Waals surface area (Å²) in [7, 11) is 0. The zero-order valence-corrected chi connectivity index (χ0v) is 20.0. The van der Waals surface area contributed by atoms with E-state index in [0.717, 1.165) is 51.7 Å². The van der Waals surface area contributed by atoms with Gasteiger partial charge >= 0.3 is 0 Å². The largest absolute Gasteiger partial charge is 0.396 e. The van der Waals surface area contributed by atoms with Crippen molar-refractivity contribution < 1.29 is 19.7 Å². The van der Waals surface area contributed by atoms with E-state index < -0.39 is 5.79 Å². The van der Waals surface area contributed by atoms with Gasteiger partial charge in [0.2, 0.25) is 0 Å². The van der Waals surface area contributed by atoms with Crippen molar-refractivity contribution in [1.82, 2.24) is 4.90 Å². The maximum atomic E-state index is 9.14. The molecule has 0 heterocycles. The first-order valence-corrected chi connectivity index (χ1v) is 12.3. The molecule has 5 heteroatoms. The zero-order valence-electron chi connectivity index (χ0n) is 20.0. The molecule has 0 aromatic rings. The highest BCUT2D eigenvalue weighted by molar-refractivity contribution is 4.77. The molecule has 0 aliphatic carbocycles. The Morgan fingerprint density at radius 3 is 1.69 bits per heavy atom. The minimum absolute atomic E-state index is 0.225. The SMILES string of the molecule is CCCCCCCCC(CCCN(CCCO)CCCO)C(C)(OCC)OCC. The van der Waals surface area contributed by atoms with Crippen molar-refractivity contribution >= 4 is 0 Å². The van der Waals surface area contributed by atoms with Gasteiger partial charge in [-0.15, -0.1) is 0 Å². The second-order valence-electron chi connectivity index (χ2n) is 8.27. The molecule has 176 valence electrons. The van der Waals surface area contributed by atoms with Crippen LogP contribution in [0.2, 0.25) is 0 Å². The topological polar surface area (TPSA) is 62.2 Å². The number of nitrogens with zero attached hydrogens (tertiary/aromatic N) is 1. The van der Waals surface area contributed by atoms with Gasteiger partial charge in [0.15, 0.2) is 5.79 Å². The Hall–Kier alpha value is -0.200. The van der Waals surface area contributed by atoms with Crippen LogP contribution in [0.5, 0.6) is 0 Å². The van der Waals surface area contributed by atoms with E-state index in [4.69, 9.17) is 19.7 Å². The molecule has 0 rings (SSSR count). The van der Waals surface area contributed by atoms with Gasteiger partial charge in [0.05, 0.1) is 0 Å². The van der Waals surface area contributed by atoms with Gasteiger partial charge in [0.25, 0.3) is 0 Å². The molecule has 0 aliphatic heterocycles. The quantitative estimate of drug-likeness (QED) is 0.192. The molecule has 0 bridgehead atoms. The minimum Gasteiger partial charge on any atom is -0.396 e.